The molecule has 0 fully saturated rings. The standard InChI is InChI=1S/C36H29FN4O6/c1-4-8-23-17-22(18-31(45-3)34(23)46-21-33(42)39-25-15-13-24(37)14-16-25)20-38-41-35(40-28-10-6-5-9-26(28)36(41)43)32-19-27-29(44-2)11-7-12-30(27)47-32/h4-7,9-20H,1,8,21H2,2-3H3,(H,39,42). The first-order valence-corrected chi connectivity index (χ1v) is 14.5. The van der Waals surface area contributed by atoms with Gasteiger partial charge in [-0.2, -0.15) is 9.78 Å². The Morgan fingerprint density at radius 1 is 1.00 bits per heavy atom. The van der Waals surface area contributed by atoms with Crippen LogP contribution in [0.2, 0.25) is 0 Å². The van der Waals surface area contributed by atoms with Crippen LogP contribution < -0.4 is 25.1 Å². The summed E-state index contributed by atoms with van der Waals surface area (Å²) in [6, 6.07) is 23.1. The number of para-hydroxylation sites is 1. The molecule has 0 bridgehead atoms. The summed E-state index contributed by atoms with van der Waals surface area (Å²) in [6.07, 6.45) is 3.58. The van der Waals surface area contributed by atoms with Crippen LogP contribution in [0.25, 0.3) is 33.5 Å². The Hall–Kier alpha value is -6.23. The van der Waals surface area contributed by atoms with Crippen molar-refractivity contribution in [1.29, 1.82) is 0 Å². The third-order valence-electron chi connectivity index (χ3n) is 7.25. The topological polar surface area (TPSA) is 117 Å². The van der Waals surface area contributed by atoms with Gasteiger partial charge in [-0.1, -0.05) is 24.3 Å². The van der Waals surface area contributed by atoms with Crippen LogP contribution in [-0.2, 0) is 11.2 Å². The fourth-order valence-electron chi connectivity index (χ4n) is 5.09. The minimum absolute atomic E-state index is 0.202. The van der Waals surface area contributed by atoms with Crippen LogP contribution in [0.3, 0.4) is 0 Å². The molecule has 6 rings (SSSR count). The van der Waals surface area contributed by atoms with E-state index in [1.54, 1.807) is 61.7 Å². The number of fused-ring (bicyclic) bond motifs is 2. The Morgan fingerprint density at radius 2 is 1.79 bits per heavy atom. The molecule has 0 unspecified atom stereocenters. The fourth-order valence-corrected chi connectivity index (χ4v) is 5.09. The number of nitrogens with zero attached hydrogens (tertiary/aromatic N) is 3. The van der Waals surface area contributed by atoms with Crippen LogP contribution in [0.4, 0.5) is 10.1 Å². The van der Waals surface area contributed by atoms with E-state index in [0.717, 1.165) is 5.39 Å². The Labute approximate surface area is 268 Å². The first kappa shape index (κ1) is 30.8. The lowest BCUT2D eigenvalue weighted by atomic mass is 10.1. The quantitative estimate of drug-likeness (QED) is 0.126. The van der Waals surface area contributed by atoms with Gasteiger partial charge in [-0.3, -0.25) is 9.59 Å². The minimum Gasteiger partial charge on any atom is -0.496 e. The van der Waals surface area contributed by atoms with Gasteiger partial charge >= 0.3 is 0 Å². The van der Waals surface area contributed by atoms with Gasteiger partial charge in [0, 0.05) is 11.3 Å². The molecular weight excluding hydrogens is 603 g/mol. The Balaban J connectivity index is 1.36. The maximum atomic E-state index is 13.8. The molecule has 0 atom stereocenters. The summed E-state index contributed by atoms with van der Waals surface area (Å²) >= 11 is 0. The van der Waals surface area contributed by atoms with Gasteiger partial charge in [0.1, 0.15) is 17.1 Å². The average Bonchev–Trinajstić information content (AvgIpc) is 3.53. The number of halogens is 1. The largest absolute Gasteiger partial charge is 0.496 e. The fraction of sp³-hybridized carbons (Fsp3) is 0.111. The Morgan fingerprint density at radius 3 is 2.55 bits per heavy atom. The van der Waals surface area contributed by atoms with Crippen LogP contribution >= 0.6 is 0 Å². The lowest BCUT2D eigenvalue weighted by molar-refractivity contribution is -0.118. The first-order valence-electron chi connectivity index (χ1n) is 14.5. The Bertz CT molecular complexity index is 2200. The van der Waals surface area contributed by atoms with Gasteiger partial charge in [-0.05, 0) is 78.7 Å². The second-order valence-electron chi connectivity index (χ2n) is 10.3. The second kappa shape index (κ2) is 13.4. The molecule has 47 heavy (non-hydrogen) atoms. The number of furan rings is 1. The lowest BCUT2D eigenvalue weighted by Gasteiger charge is -2.16. The van der Waals surface area contributed by atoms with Crippen molar-refractivity contribution in [1.82, 2.24) is 9.66 Å². The molecule has 0 aliphatic heterocycles. The number of aromatic nitrogens is 2. The SMILES string of the molecule is C=CCc1cc(C=Nn2c(-c3cc4c(OC)cccc4o3)nc3ccccc3c2=O)cc(OC)c1OCC(=O)Nc1ccc(F)cc1. The predicted molar refractivity (Wildman–Crippen MR) is 178 cm³/mol. The normalized spacial score (nSPS) is 11.2. The molecule has 236 valence electrons. The summed E-state index contributed by atoms with van der Waals surface area (Å²) in [5.74, 6) is 0.996. The average molecular weight is 633 g/mol. The number of hydrogen-bond donors (Lipinski definition) is 1. The van der Waals surface area contributed by atoms with E-state index in [2.05, 4.69) is 17.0 Å². The van der Waals surface area contributed by atoms with Crippen LogP contribution in [0.5, 0.6) is 17.2 Å². The molecule has 4 aromatic carbocycles. The van der Waals surface area contributed by atoms with E-state index in [4.69, 9.17) is 23.6 Å². The highest BCUT2D eigenvalue weighted by atomic mass is 19.1. The van der Waals surface area contributed by atoms with Crippen molar-refractivity contribution in [2.75, 3.05) is 26.1 Å². The van der Waals surface area contributed by atoms with Crippen molar-refractivity contribution in [2.45, 2.75) is 6.42 Å². The highest BCUT2D eigenvalue weighted by Crippen LogP contribution is 2.34. The molecule has 0 saturated heterocycles. The number of carbonyl (C=O) groups excluding carboxylic acids is 1. The molecular formula is C36H29FN4O6. The number of methoxy groups -OCH3 is 2. The molecule has 0 saturated carbocycles. The van der Waals surface area contributed by atoms with Crippen LogP contribution in [0.15, 0.2) is 112 Å². The highest BCUT2D eigenvalue weighted by molar-refractivity contribution is 5.92. The predicted octanol–water partition coefficient (Wildman–Crippen LogP) is 6.59. The lowest BCUT2D eigenvalue weighted by Crippen LogP contribution is -2.21. The van der Waals surface area contributed by atoms with E-state index < -0.39 is 11.7 Å². The number of hydrogen-bond acceptors (Lipinski definition) is 8. The molecule has 2 aromatic heterocycles. The zero-order valence-corrected chi connectivity index (χ0v) is 25.5. The number of allylic oxidation sites excluding steroid dienone is 1. The number of amides is 1. The molecule has 0 aliphatic carbocycles. The molecule has 0 spiro atoms. The maximum Gasteiger partial charge on any atom is 0.282 e. The van der Waals surface area contributed by atoms with Crippen molar-refractivity contribution >= 4 is 39.7 Å². The van der Waals surface area contributed by atoms with Gasteiger partial charge in [0.05, 0.1) is 36.7 Å². The molecule has 0 aliphatic rings. The van der Waals surface area contributed by atoms with E-state index in [0.29, 0.717) is 62.7 Å². The van der Waals surface area contributed by atoms with Crippen molar-refractivity contribution in [3.63, 3.8) is 0 Å². The molecule has 1 amide bonds. The first-order chi connectivity index (χ1) is 22.9. The summed E-state index contributed by atoms with van der Waals surface area (Å²) in [4.78, 5) is 31.1. The van der Waals surface area contributed by atoms with Gasteiger partial charge in [0.25, 0.3) is 11.5 Å². The number of benzene rings is 4. The number of rotatable bonds is 11. The molecule has 11 heteroatoms. The molecule has 1 N–H and O–H groups in total. The summed E-state index contributed by atoms with van der Waals surface area (Å²) < 4.78 is 37.5. The third-order valence-corrected chi connectivity index (χ3v) is 7.25. The number of carbonyl (C=O) groups is 1. The van der Waals surface area contributed by atoms with Crippen molar-refractivity contribution < 1.29 is 27.8 Å². The van der Waals surface area contributed by atoms with Crippen molar-refractivity contribution in [3.05, 3.63) is 125 Å². The van der Waals surface area contributed by atoms with Gasteiger partial charge in [0.15, 0.2) is 23.9 Å². The Kier molecular flexibility index (Phi) is 8.78. The number of ether oxygens (including phenoxy) is 3. The number of anilines is 1. The van der Waals surface area contributed by atoms with Crippen molar-refractivity contribution in [3.8, 4) is 28.8 Å². The molecule has 2 heterocycles. The van der Waals surface area contributed by atoms with Crippen LogP contribution in [0.1, 0.15) is 11.1 Å². The summed E-state index contributed by atoms with van der Waals surface area (Å²) in [5.41, 5.74) is 2.36. The molecule has 0 radical (unpaired) electrons. The maximum absolute atomic E-state index is 13.8. The van der Waals surface area contributed by atoms with Gasteiger partial charge in [0.2, 0.25) is 5.82 Å². The monoisotopic (exact) mass is 632 g/mol. The van der Waals surface area contributed by atoms with E-state index in [-0.39, 0.29) is 18.0 Å². The smallest absolute Gasteiger partial charge is 0.282 e. The zero-order chi connectivity index (χ0) is 32.9. The zero-order valence-electron chi connectivity index (χ0n) is 25.5. The number of nitrogens with one attached hydrogen (secondary N) is 1. The third kappa shape index (κ3) is 6.45. The van der Waals surface area contributed by atoms with Gasteiger partial charge in [-0.15, -0.1) is 6.58 Å². The van der Waals surface area contributed by atoms with Crippen molar-refractivity contribution in [2.24, 2.45) is 5.10 Å². The van der Waals surface area contributed by atoms with E-state index in [1.807, 2.05) is 12.1 Å². The van der Waals surface area contributed by atoms with Crippen LogP contribution in [-0.4, -0.2) is 42.6 Å². The second-order valence-corrected chi connectivity index (χ2v) is 10.3. The summed E-state index contributed by atoms with van der Waals surface area (Å²) in [6.45, 7) is 3.51. The summed E-state index contributed by atoms with van der Waals surface area (Å²) in [5, 5.41) is 8.33. The molecule has 10 nitrogen and oxygen atoms in total. The van der Waals surface area contributed by atoms with E-state index in [1.165, 1.54) is 42.3 Å². The van der Waals surface area contributed by atoms with E-state index >= 15 is 0 Å². The van der Waals surface area contributed by atoms with Gasteiger partial charge in [-0.25, -0.2) is 9.37 Å². The van der Waals surface area contributed by atoms with Crippen LogP contribution in [0, 0.1) is 5.82 Å². The van der Waals surface area contributed by atoms with Gasteiger partial charge < -0.3 is 23.9 Å². The minimum atomic E-state index is -0.437. The molecule has 6 aromatic rings. The summed E-state index contributed by atoms with van der Waals surface area (Å²) in [7, 11) is 3.05. The highest BCUT2D eigenvalue weighted by Gasteiger charge is 2.19. The van der Waals surface area contributed by atoms with E-state index in [9.17, 15) is 14.0 Å².